The van der Waals surface area contributed by atoms with Crippen LogP contribution in [-0.2, 0) is 6.42 Å². The Labute approximate surface area is 107 Å². The molecule has 0 bridgehead atoms. The smallest absolute Gasteiger partial charge is 0.194 e. The van der Waals surface area contributed by atoms with E-state index in [9.17, 15) is 4.79 Å². The van der Waals surface area contributed by atoms with Crippen LogP contribution in [0.2, 0.25) is 0 Å². The van der Waals surface area contributed by atoms with Crippen LogP contribution in [0.5, 0.6) is 0 Å². The van der Waals surface area contributed by atoms with Gasteiger partial charge in [-0.2, -0.15) is 0 Å². The second-order valence-corrected chi connectivity index (χ2v) is 4.95. The van der Waals surface area contributed by atoms with E-state index in [1.54, 1.807) is 0 Å². The molecule has 0 aromatic heterocycles. The summed E-state index contributed by atoms with van der Waals surface area (Å²) in [6.45, 7) is 6.36. The topological polar surface area (TPSA) is 17.1 Å². The molecule has 0 N–H and O–H groups in total. The number of hydrogen-bond donors (Lipinski definition) is 0. The average Bonchev–Trinajstić information content (AvgIpc) is 2.64. The molecular formula is C17H16O. The third-order valence-electron chi connectivity index (χ3n) is 3.98. The molecule has 0 saturated heterocycles. The summed E-state index contributed by atoms with van der Waals surface area (Å²) < 4.78 is 0. The van der Waals surface area contributed by atoms with Gasteiger partial charge in [0.05, 0.1) is 0 Å². The lowest BCUT2D eigenvalue weighted by Gasteiger charge is -2.12. The van der Waals surface area contributed by atoms with Gasteiger partial charge in [-0.3, -0.25) is 4.79 Å². The fourth-order valence-corrected chi connectivity index (χ4v) is 3.12. The number of carbonyl (C=O) groups is 1. The SMILES string of the molecule is CCc1c(C)cc2c(c1C)C(=O)c1ccccc1-2. The van der Waals surface area contributed by atoms with Crippen molar-refractivity contribution in [2.75, 3.05) is 0 Å². The third-order valence-corrected chi connectivity index (χ3v) is 3.98. The van der Waals surface area contributed by atoms with Crippen molar-refractivity contribution in [1.29, 1.82) is 0 Å². The molecule has 0 aliphatic heterocycles. The number of ketones is 1. The van der Waals surface area contributed by atoms with Crippen LogP contribution >= 0.6 is 0 Å². The summed E-state index contributed by atoms with van der Waals surface area (Å²) in [6.07, 6.45) is 0.981. The van der Waals surface area contributed by atoms with E-state index >= 15 is 0 Å². The van der Waals surface area contributed by atoms with Gasteiger partial charge < -0.3 is 0 Å². The number of aryl methyl sites for hydroxylation is 1. The molecule has 2 aromatic carbocycles. The van der Waals surface area contributed by atoms with Gasteiger partial charge in [0.2, 0.25) is 0 Å². The van der Waals surface area contributed by atoms with Gasteiger partial charge in [-0.15, -0.1) is 0 Å². The number of hydrogen-bond acceptors (Lipinski definition) is 1. The largest absolute Gasteiger partial charge is 0.289 e. The minimum Gasteiger partial charge on any atom is -0.289 e. The molecule has 1 nitrogen and oxygen atoms in total. The second kappa shape index (κ2) is 3.81. The molecule has 1 aliphatic carbocycles. The van der Waals surface area contributed by atoms with E-state index in [2.05, 4.69) is 26.8 Å². The highest BCUT2D eigenvalue weighted by Gasteiger charge is 2.29. The van der Waals surface area contributed by atoms with Crippen molar-refractivity contribution < 1.29 is 4.79 Å². The number of rotatable bonds is 1. The van der Waals surface area contributed by atoms with Crippen LogP contribution in [0.25, 0.3) is 11.1 Å². The monoisotopic (exact) mass is 236 g/mol. The zero-order valence-electron chi connectivity index (χ0n) is 11.0. The summed E-state index contributed by atoms with van der Waals surface area (Å²) in [7, 11) is 0. The van der Waals surface area contributed by atoms with Gasteiger partial charge in [-0.1, -0.05) is 37.3 Å². The Bertz CT molecular complexity index is 666. The van der Waals surface area contributed by atoms with Crippen LogP contribution in [0, 0.1) is 13.8 Å². The molecule has 0 saturated carbocycles. The first-order valence-corrected chi connectivity index (χ1v) is 6.42. The summed E-state index contributed by atoms with van der Waals surface area (Å²) in [5.74, 6) is 0.188. The van der Waals surface area contributed by atoms with Gasteiger partial charge in [0, 0.05) is 11.1 Å². The van der Waals surface area contributed by atoms with Crippen LogP contribution in [0.1, 0.15) is 39.5 Å². The fourth-order valence-electron chi connectivity index (χ4n) is 3.12. The van der Waals surface area contributed by atoms with Gasteiger partial charge >= 0.3 is 0 Å². The minimum atomic E-state index is 0.188. The van der Waals surface area contributed by atoms with Crippen LogP contribution in [0.3, 0.4) is 0 Å². The van der Waals surface area contributed by atoms with Gasteiger partial charge in [0.25, 0.3) is 0 Å². The molecule has 0 fully saturated rings. The first kappa shape index (κ1) is 11.2. The first-order valence-electron chi connectivity index (χ1n) is 6.42. The van der Waals surface area contributed by atoms with Crippen LogP contribution in [0.4, 0.5) is 0 Å². The summed E-state index contributed by atoms with van der Waals surface area (Å²) >= 11 is 0. The second-order valence-electron chi connectivity index (χ2n) is 4.95. The summed E-state index contributed by atoms with van der Waals surface area (Å²) in [5.41, 5.74) is 7.73. The van der Waals surface area contributed by atoms with Crippen molar-refractivity contribution in [3.63, 3.8) is 0 Å². The molecule has 0 radical (unpaired) electrons. The Balaban J connectivity index is 2.39. The van der Waals surface area contributed by atoms with Crippen molar-refractivity contribution in [2.24, 2.45) is 0 Å². The Kier molecular flexibility index (Phi) is 2.37. The zero-order chi connectivity index (χ0) is 12.9. The Morgan fingerprint density at radius 3 is 2.33 bits per heavy atom. The van der Waals surface area contributed by atoms with E-state index < -0.39 is 0 Å². The molecule has 1 aliphatic rings. The molecule has 3 rings (SSSR count). The lowest BCUT2D eigenvalue weighted by Crippen LogP contribution is -2.02. The van der Waals surface area contributed by atoms with Gasteiger partial charge in [-0.05, 0) is 48.1 Å². The Hall–Kier alpha value is -1.89. The molecule has 0 atom stereocenters. The quantitative estimate of drug-likeness (QED) is 0.622. The van der Waals surface area contributed by atoms with Gasteiger partial charge in [0.15, 0.2) is 5.78 Å². The Morgan fingerprint density at radius 1 is 1.00 bits per heavy atom. The van der Waals surface area contributed by atoms with Crippen LogP contribution in [0.15, 0.2) is 30.3 Å². The van der Waals surface area contributed by atoms with Gasteiger partial charge in [0.1, 0.15) is 0 Å². The van der Waals surface area contributed by atoms with E-state index in [1.807, 2.05) is 24.3 Å². The average molecular weight is 236 g/mol. The lowest BCUT2D eigenvalue weighted by atomic mass is 9.91. The van der Waals surface area contributed by atoms with Crippen molar-refractivity contribution in [2.45, 2.75) is 27.2 Å². The number of benzene rings is 2. The minimum absolute atomic E-state index is 0.188. The fraction of sp³-hybridized carbons (Fsp3) is 0.235. The molecule has 90 valence electrons. The summed E-state index contributed by atoms with van der Waals surface area (Å²) in [5, 5.41) is 0. The molecule has 18 heavy (non-hydrogen) atoms. The normalized spacial score (nSPS) is 12.5. The van der Waals surface area contributed by atoms with Crippen molar-refractivity contribution in [3.05, 3.63) is 58.1 Å². The van der Waals surface area contributed by atoms with Crippen molar-refractivity contribution >= 4 is 5.78 Å². The van der Waals surface area contributed by atoms with E-state index in [0.29, 0.717) is 0 Å². The maximum atomic E-state index is 12.5. The summed E-state index contributed by atoms with van der Waals surface area (Å²) in [6, 6.07) is 10.1. The summed E-state index contributed by atoms with van der Waals surface area (Å²) in [4.78, 5) is 12.5. The molecule has 0 unspecified atom stereocenters. The highest BCUT2D eigenvalue weighted by atomic mass is 16.1. The highest BCUT2D eigenvalue weighted by Crippen LogP contribution is 2.40. The molecule has 1 heteroatoms. The molecule has 0 spiro atoms. The maximum absolute atomic E-state index is 12.5. The lowest BCUT2D eigenvalue weighted by molar-refractivity contribution is 0.104. The van der Waals surface area contributed by atoms with E-state index in [0.717, 1.165) is 34.2 Å². The van der Waals surface area contributed by atoms with E-state index in [1.165, 1.54) is 11.1 Å². The number of fused-ring (bicyclic) bond motifs is 3. The number of carbonyl (C=O) groups excluding carboxylic acids is 1. The zero-order valence-corrected chi connectivity index (χ0v) is 11.0. The molecule has 0 amide bonds. The molecular weight excluding hydrogens is 220 g/mol. The van der Waals surface area contributed by atoms with Crippen LogP contribution in [-0.4, -0.2) is 5.78 Å². The Morgan fingerprint density at radius 2 is 1.67 bits per heavy atom. The third kappa shape index (κ3) is 1.30. The molecule has 2 aromatic rings. The molecule has 0 heterocycles. The van der Waals surface area contributed by atoms with Crippen LogP contribution < -0.4 is 0 Å². The van der Waals surface area contributed by atoms with Gasteiger partial charge in [-0.25, -0.2) is 0 Å². The maximum Gasteiger partial charge on any atom is 0.194 e. The van der Waals surface area contributed by atoms with Crippen molar-refractivity contribution in [3.8, 4) is 11.1 Å². The van der Waals surface area contributed by atoms with E-state index in [4.69, 9.17) is 0 Å². The highest BCUT2D eigenvalue weighted by molar-refractivity contribution is 6.22. The van der Waals surface area contributed by atoms with Crippen molar-refractivity contribution in [1.82, 2.24) is 0 Å². The standard InChI is InChI=1S/C17H16O/c1-4-12-10(2)9-15-13-7-5-6-8-14(13)17(18)16(15)11(12)3/h5-9H,4H2,1-3H3. The first-order chi connectivity index (χ1) is 8.65. The van der Waals surface area contributed by atoms with E-state index in [-0.39, 0.29) is 5.78 Å². The predicted octanol–water partition coefficient (Wildman–Crippen LogP) is 4.08. The predicted molar refractivity (Wildman–Crippen MR) is 74.2 cm³/mol.